The summed E-state index contributed by atoms with van der Waals surface area (Å²) in [6, 6.07) is 3.58. The summed E-state index contributed by atoms with van der Waals surface area (Å²) in [5.74, 6) is 0.383. The van der Waals surface area contributed by atoms with E-state index >= 15 is 0 Å². The normalized spacial score (nSPS) is 19.5. The zero-order valence-corrected chi connectivity index (χ0v) is 16.0. The van der Waals surface area contributed by atoms with Crippen LogP contribution in [0.2, 0.25) is 0 Å². The number of hydrogen-bond acceptors (Lipinski definition) is 5. The lowest BCUT2D eigenvalue weighted by atomic mass is 10.0. The second-order valence-corrected chi connectivity index (χ2v) is 7.14. The van der Waals surface area contributed by atoms with Crippen molar-refractivity contribution >= 4 is 16.9 Å². The molecule has 1 unspecified atom stereocenters. The zero-order chi connectivity index (χ0) is 19.1. The van der Waals surface area contributed by atoms with E-state index in [4.69, 9.17) is 4.74 Å². The molecule has 1 aromatic carbocycles. The van der Waals surface area contributed by atoms with Crippen LogP contribution in [-0.2, 0) is 0 Å². The van der Waals surface area contributed by atoms with Crippen molar-refractivity contribution < 1.29 is 9.53 Å². The molecule has 2 N–H and O–H groups in total. The largest absolute Gasteiger partial charge is 0.496 e. The van der Waals surface area contributed by atoms with Crippen molar-refractivity contribution in [3.8, 4) is 5.75 Å². The molecule has 0 aliphatic carbocycles. The van der Waals surface area contributed by atoms with Crippen LogP contribution in [0.5, 0.6) is 5.75 Å². The van der Waals surface area contributed by atoms with Crippen molar-refractivity contribution in [2.24, 2.45) is 0 Å². The highest BCUT2D eigenvalue weighted by Gasteiger charge is 2.21. The number of hydrogen-bond donors (Lipinski definition) is 2. The van der Waals surface area contributed by atoms with Crippen LogP contribution in [0.1, 0.15) is 48.9 Å². The van der Waals surface area contributed by atoms with Crippen molar-refractivity contribution in [3.63, 3.8) is 0 Å². The first kappa shape index (κ1) is 19.4. The summed E-state index contributed by atoms with van der Waals surface area (Å²) in [7, 11) is 1.56. The minimum absolute atomic E-state index is 0.105. The van der Waals surface area contributed by atoms with Crippen LogP contribution >= 0.6 is 0 Å². The molecule has 3 rings (SSSR count). The molecule has 7 nitrogen and oxygen atoms in total. The van der Waals surface area contributed by atoms with Crippen molar-refractivity contribution in [2.75, 3.05) is 26.7 Å². The summed E-state index contributed by atoms with van der Waals surface area (Å²) < 4.78 is 5.41. The molecule has 7 heteroatoms. The van der Waals surface area contributed by atoms with Gasteiger partial charge in [0.2, 0.25) is 0 Å². The van der Waals surface area contributed by atoms with Crippen molar-refractivity contribution in [2.45, 2.75) is 44.6 Å². The Hall–Kier alpha value is -2.41. The van der Waals surface area contributed by atoms with Crippen molar-refractivity contribution in [1.82, 2.24) is 25.6 Å². The Labute approximate surface area is 160 Å². The molecular weight excluding hydrogens is 342 g/mol. The molecule has 2 aromatic rings. The molecule has 0 bridgehead atoms. The number of amides is 1. The maximum atomic E-state index is 13.0. The predicted molar refractivity (Wildman–Crippen MR) is 106 cm³/mol. The summed E-state index contributed by atoms with van der Waals surface area (Å²) in [5.41, 5.74) is 1.82. The van der Waals surface area contributed by atoms with Gasteiger partial charge in [0.15, 0.2) is 0 Å². The maximum absolute atomic E-state index is 13.0. The Bertz CT molecular complexity index is 773. The molecule has 1 saturated heterocycles. The number of nitrogens with zero attached hydrogens (tertiary/aromatic N) is 3. The second kappa shape index (κ2) is 9.50. The summed E-state index contributed by atoms with van der Waals surface area (Å²) in [5, 5.41) is 13.9. The van der Waals surface area contributed by atoms with Crippen molar-refractivity contribution in [3.05, 3.63) is 30.4 Å². The van der Waals surface area contributed by atoms with E-state index in [1.54, 1.807) is 19.2 Å². The van der Waals surface area contributed by atoms with Crippen LogP contribution in [0.25, 0.3) is 11.0 Å². The van der Waals surface area contributed by atoms with E-state index in [-0.39, 0.29) is 11.9 Å². The summed E-state index contributed by atoms with van der Waals surface area (Å²) in [4.78, 5) is 15.4. The smallest absolute Gasteiger partial charge is 0.255 e. The lowest BCUT2D eigenvalue weighted by Crippen LogP contribution is -2.44. The Balaban J connectivity index is 1.75. The second-order valence-electron chi connectivity index (χ2n) is 7.14. The number of aromatic nitrogens is 3. The van der Waals surface area contributed by atoms with Gasteiger partial charge in [0, 0.05) is 25.2 Å². The number of nitrogens with one attached hydrogen (secondary N) is 2. The topological polar surface area (TPSA) is 83.1 Å². The van der Waals surface area contributed by atoms with Gasteiger partial charge in [0.25, 0.3) is 5.91 Å². The van der Waals surface area contributed by atoms with Crippen LogP contribution in [0, 0.1) is 0 Å². The average Bonchev–Trinajstić information content (AvgIpc) is 3.13. The van der Waals surface area contributed by atoms with Gasteiger partial charge in [-0.25, -0.2) is 0 Å². The van der Waals surface area contributed by atoms with Gasteiger partial charge < -0.3 is 10.1 Å². The van der Waals surface area contributed by atoms with E-state index in [1.807, 2.05) is 6.08 Å². The van der Waals surface area contributed by atoms with E-state index in [0.717, 1.165) is 32.5 Å². The molecule has 27 heavy (non-hydrogen) atoms. The molecule has 0 spiro atoms. The zero-order valence-electron chi connectivity index (χ0n) is 16.0. The van der Waals surface area contributed by atoms with Crippen LogP contribution in [0.3, 0.4) is 0 Å². The highest BCUT2D eigenvalue weighted by Crippen LogP contribution is 2.24. The fourth-order valence-corrected chi connectivity index (χ4v) is 3.70. The monoisotopic (exact) mass is 371 g/mol. The first-order chi connectivity index (χ1) is 13.2. The molecule has 1 atom stereocenters. The number of fused-ring (bicyclic) bond motifs is 1. The Morgan fingerprint density at radius 1 is 1.30 bits per heavy atom. The number of benzene rings is 1. The van der Waals surface area contributed by atoms with Gasteiger partial charge in [0.05, 0.1) is 12.7 Å². The quantitative estimate of drug-likeness (QED) is 0.790. The fourth-order valence-electron chi connectivity index (χ4n) is 3.70. The SMILES string of the molecule is C=CCN1CCCCCCCC(NC(=O)c2cc3n[nH]nc3cc2OC)C1. The Morgan fingerprint density at radius 3 is 2.81 bits per heavy atom. The molecule has 0 saturated carbocycles. The average molecular weight is 371 g/mol. The number of ether oxygens (including phenoxy) is 1. The van der Waals surface area contributed by atoms with Crippen LogP contribution < -0.4 is 10.1 Å². The van der Waals surface area contributed by atoms with Gasteiger partial charge in [0.1, 0.15) is 16.8 Å². The number of carbonyl (C=O) groups is 1. The van der Waals surface area contributed by atoms with Gasteiger partial charge in [-0.3, -0.25) is 9.69 Å². The molecule has 0 radical (unpaired) electrons. The lowest BCUT2D eigenvalue weighted by Gasteiger charge is -2.28. The van der Waals surface area contributed by atoms with Crippen LogP contribution in [-0.4, -0.2) is 59.0 Å². The standard InChI is InChI=1S/C20H29N5O2/c1-3-10-25-11-8-6-4-5-7-9-15(14-25)21-20(26)16-12-17-18(23-24-22-17)13-19(16)27-2/h3,12-13,15H,1,4-11,14H2,2H3,(H,21,26)(H,22,23,24). The van der Waals surface area contributed by atoms with Gasteiger partial charge in [-0.05, 0) is 25.5 Å². The third-order valence-electron chi connectivity index (χ3n) is 5.11. The van der Waals surface area contributed by atoms with Gasteiger partial charge in [-0.1, -0.05) is 31.8 Å². The fraction of sp³-hybridized carbons (Fsp3) is 0.550. The van der Waals surface area contributed by atoms with Crippen LogP contribution in [0.15, 0.2) is 24.8 Å². The van der Waals surface area contributed by atoms with E-state index < -0.39 is 0 Å². The third-order valence-corrected chi connectivity index (χ3v) is 5.11. The number of carbonyl (C=O) groups excluding carboxylic acids is 1. The summed E-state index contributed by atoms with van der Waals surface area (Å²) in [6.07, 6.45) is 9.01. The maximum Gasteiger partial charge on any atom is 0.255 e. The molecular formula is C20H29N5O2. The summed E-state index contributed by atoms with van der Waals surface area (Å²) >= 11 is 0. The third kappa shape index (κ3) is 5.07. The molecule has 146 valence electrons. The van der Waals surface area contributed by atoms with E-state index in [0.29, 0.717) is 22.3 Å². The molecule has 1 aromatic heterocycles. The van der Waals surface area contributed by atoms with E-state index in [9.17, 15) is 4.79 Å². The van der Waals surface area contributed by atoms with Gasteiger partial charge >= 0.3 is 0 Å². The van der Waals surface area contributed by atoms with Crippen molar-refractivity contribution in [1.29, 1.82) is 0 Å². The molecule has 2 heterocycles. The molecule has 1 fully saturated rings. The Kier molecular flexibility index (Phi) is 6.81. The number of aromatic amines is 1. The molecule has 1 amide bonds. The van der Waals surface area contributed by atoms with E-state index in [1.165, 1.54) is 25.7 Å². The molecule has 1 aliphatic rings. The number of methoxy groups -OCH3 is 1. The summed E-state index contributed by atoms with van der Waals surface area (Å²) in [6.45, 7) is 6.61. The highest BCUT2D eigenvalue weighted by atomic mass is 16.5. The van der Waals surface area contributed by atoms with Gasteiger partial charge in [-0.15, -0.1) is 6.58 Å². The number of rotatable bonds is 5. The lowest BCUT2D eigenvalue weighted by molar-refractivity contribution is 0.0918. The minimum atomic E-state index is -0.127. The Morgan fingerprint density at radius 2 is 2.04 bits per heavy atom. The van der Waals surface area contributed by atoms with E-state index in [2.05, 4.69) is 32.2 Å². The minimum Gasteiger partial charge on any atom is -0.496 e. The predicted octanol–water partition coefficient (Wildman–Crippen LogP) is 2.91. The number of H-pyrrole nitrogens is 1. The van der Waals surface area contributed by atoms with Gasteiger partial charge in [-0.2, -0.15) is 15.4 Å². The highest BCUT2D eigenvalue weighted by molar-refractivity contribution is 6.00. The first-order valence-corrected chi connectivity index (χ1v) is 9.74. The molecule has 1 aliphatic heterocycles. The first-order valence-electron chi connectivity index (χ1n) is 9.74. The van der Waals surface area contributed by atoms with Crippen LogP contribution in [0.4, 0.5) is 0 Å².